The predicted molar refractivity (Wildman–Crippen MR) is 81.8 cm³/mol. The Morgan fingerprint density at radius 1 is 0.850 bits per heavy atom. The van der Waals surface area contributed by atoms with E-state index in [-0.39, 0.29) is 0 Å². The van der Waals surface area contributed by atoms with Crippen molar-refractivity contribution in [1.29, 1.82) is 0 Å². The summed E-state index contributed by atoms with van der Waals surface area (Å²) in [4.78, 5) is 13.3. The standard InChI is InChI=1S/C17H31NO2/c19-17(20)11-12-18(13-15-7-3-1-4-8-15)14-16-9-5-2-6-10-16/h15-16H,1-14H2,(H,19,20). The van der Waals surface area contributed by atoms with Gasteiger partial charge in [-0.05, 0) is 37.5 Å². The minimum atomic E-state index is -0.651. The number of carboxylic acids is 1. The molecule has 2 fully saturated rings. The number of rotatable bonds is 7. The van der Waals surface area contributed by atoms with Gasteiger partial charge in [-0.1, -0.05) is 38.5 Å². The first-order valence-corrected chi connectivity index (χ1v) is 8.68. The van der Waals surface area contributed by atoms with Gasteiger partial charge in [0.2, 0.25) is 0 Å². The molecule has 0 aromatic rings. The van der Waals surface area contributed by atoms with Gasteiger partial charge < -0.3 is 10.0 Å². The number of nitrogens with zero attached hydrogens (tertiary/aromatic N) is 1. The van der Waals surface area contributed by atoms with E-state index >= 15 is 0 Å². The molecule has 2 rings (SSSR count). The predicted octanol–water partition coefficient (Wildman–Crippen LogP) is 3.92. The Kier molecular flexibility index (Phi) is 6.85. The van der Waals surface area contributed by atoms with E-state index in [9.17, 15) is 4.79 Å². The lowest BCUT2D eigenvalue weighted by molar-refractivity contribution is -0.137. The van der Waals surface area contributed by atoms with Crippen molar-refractivity contribution in [1.82, 2.24) is 4.90 Å². The highest BCUT2D eigenvalue weighted by Crippen LogP contribution is 2.27. The molecule has 0 aromatic carbocycles. The zero-order valence-electron chi connectivity index (χ0n) is 12.9. The number of hydrogen-bond acceptors (Lipinski definition) is 2. The van der Waals surface area contributed by atoms with Crippen LogP contribution in [-0.4, -0.2) is 35.6 Å². The molecule has 1 N–H and O–H groups in total. The molecule has 0 radical (unpaired) electrons. The summed E-state index contributed by atoms with van der Waals surface area (Å²) >= 11 is 0. The monoisotopic (exact) mass is 281 g/mol. The third-order valence-corrected chi connectivity index (χ3v) is 5.12. The highest BCUT2D eigenvalue weighted by Gasteiger charge is 2.21. The Bertz CT molecular complexity index is 261. The molecule has 0 atom stereocenters. The van der Waals surface area contributed by atoms with Gasteiger partial charge in [0.05, 0.1) is 6.42 Å². The number of carboxylic acid groups (broad SMARTS) is 1. The van der Waals surface area contributed by atoms with E-state index in [4.69, 9.17) is 5.11 Å². The number of aliphatic carboxylic acids is 1. The van der Waals surface area contributed by atoms with Gasteiger partial charge in [-0.3, -0.25) is 4.79 Å². The van der Waals surface area contributed by atoms with Crippen LogP contribution >= 0.6 is 0 Å². The molecule has 20 heavy (non-hydrogen) atoms. The Morgan fingerprint density at radius 3 is 1.70 bits per heavy atom. The molecular formula is C17H31NO2. The minimum absolute atomic E-state index is 0.305. The molecule has 3 heteroatoms. The largest absolute Gasteiger partial charge is 0.481 e. The fourth-order valence-electron chi connectivity index (χ4n) is 3.98. The first-order valence-electron chi connectivity index (χ1n) is 8.68. The highest BCUT2D eigenvalue weighted by molar-refractivity contribution is 5.66. The van der Waals surface area contributed by atoms with E-state index in [1.165, 1.54) is 64.2 Å². The van der Waals surface area contributed by atoms with Crippen molar-refractivity contribution in [2.45, 2.75) is 70.6 Å². The number of hydrogen-bond donors (Lipinski definition) is 1. The van der Waals surface area contributed by atoms with Crippen LogP contribution in [0.15, 0.2) is 0 Å². The van der Waals surface area contributed by atoms with Crippen molar-refractivity contribution >= 4 is 5.97 Å². The quantitative estimate of drug-likeness (QED) is 0.769. The van der Waals surface area contributed by atoms with Gasteiger partial charge >= 0.3 is 5.97 Å². The topological polar surface area (TPSA) is 40.5 Å². The van der Waals surface area contributed by atoms with Gasteiger partial charge in [-0.25, -0.2) is 0 Å². The summed E-state index contributed by atoms with van der Waals surface area (Å²) in [5.41, 5.74) is 0. The van der Waals surface area contributed by atoms with Crippen LogP contribution in [0.5, 0.6) is 0 Å². The lowest BCUT2D eigenvalue weighted by Gasteiger charge is -2.33. The summed E-state index contributed by atoms with van der Waals surface area (Å²) in [5.74, 6) is 0.990. The smallest absolute Gasteiger partial charge is 0.304 e. The Labute approximate surface area is 123 Å². The zero-order valence-corrected chi connectivity index (χ0v) is 12.9. The average molecular weight is 281 g/mol. The Balaban J connectivity index is 1.79. The van der Waals surface area contributed by atoms with Crippen LogP contribution < -0.4 is 0 Å². The Morgan fingerprint density at radius 2 is 1.30 bits per heavy atom. The molecule has 0 aliphatic heterocycles. The maximum Gasteiger partial charge on any atom is 0.304 e. The lowest BCUT2D eigenvalue weighted by atomic mass is 9.87. The van der Waals surface area contributed by atoms with Crippen LogP contribution in [0.4, 0.5) is 0 Å². The van der Waals surface area contributed by atoms with Crippen LogP contribution in [0.25, 0.3) is 0 Å². The molecule has 2 saturated carbocycles. The second-order valence-electron chi connectivity index (χ2n) is 6.91. The lowest BCUT2D eigenvalue weighted by Crippen LogP contribution is -2.36. The van der Waals surface area contributed by atoms with E-state index in [1.807, 2.05) is 0 Å². The van der Waals surface area contributed by atoms with E-state index in [0.717, 1.165) is 31.5 Å². The fourth-order valence-corrected chi connectivity index (χ4v) is 3.98. The van der Waals surface area contributed by atoms with Crippen molar-refractivity contribution < 1.29 is 9.90 Å². The summed E-state index contributed by atoms with van der Waals surface area (Å²) in [6.45, 7) is 3.04. The first-order chi connectivity index (χ1) is 9.74. The van der Waals surface area contributed by atoms with E-state index in [1.54, 1.807) is 0 Å². The average Bonchev–Trinajstić information content (AvgIpc) is 2.47. The van der Waals surface area contributed by atoms with Gasteiger partial charge in [0.1, 0.15) is 0 Å². The first kappa shape index (κ1) is 15.8. The SMILES string of the molecule is O=C(O)CCN(CC1CCCCC1)CC1CCCCC1. The number of carbonyl (C=O) groups is 1. The van der Waals surface area contributed by atoms with Crippen molar-refractivity contribution in [2.24, 2.45) is 11.8 Å². The van der Waals surface area contributed by atoms with Gasteiger partial charge in [-0.2, -0.15) is 0 Å². The molecule has 0 spiro atoms. The van der Waals surface area contributed by atoms with Gasteiger partial charge in [-0.15, -0.1) is 0 Å². The fraction of sp³-hybridized carbons (Fsp3) is 0.941. The second kappa shape index (κ2) is 8.66. The van der Waals surface area contributed by atoms with Crippen LogP contribution in [0.2, 0.25) is 0 Å². The molecule has 0 bridgehead atoms. The van der Waals surface area contributed by atoms with Crippen LogP contribution in [0, 0.1) is 11.8 Å². The minimum Gasteiger partial charge on any atom is -0.481 e. The molecule has 0 heterocycles. The maximum absolute atomic E-state index is 10.9. The van der Waals surface area contributed by atoms with E-state index < -0.39 is 5.97 Å². The van der Waals surface area contributed by atoms with E-state index in [2.05, 4.69) is 4.90 Å². The maximum atomic E-state index is 10.9. The van der Waals surface area contributed by atoms with Crippen LogP contribution in [0.1, 0.15) is 70.6 Å². The van der Waals surface area contributed by atoms with Crippen molar-refractivity contribution in [3.63, 3.8) is 0 Å². The van der Waals surface area contributed by atoms with Gasteiger partial charge in [0.15, 0.2) is 0 Å². The van der Waals surface area contributed by atoms with Crippen LogP contribution in [-0.2, 0) is 4.79 Å². The molecule has 0 amide bonds. The van der Waals surface area contributed by atoms with Gasteiger partial charge in [0.25, 0.3) is 0 Å². The molecule has 0 aromatic heterocycles. The van der Waals surface area contributed by atoms with Crippen LogP contribution in [0.3, 0.4) is 0 Å². The van der Waals surface area contributed by atoms with Crippen molar-refractivity contribution in [3.05, 3.63) is 0 Å². The van der Waals surface area contributed by atoms with E-state index in [0.29, 0.717) is 6.42 Å². The molecule has 2 aliphatic rings. The summed E-state index contributed by atoms with van der Waals surface area (Å²) in [6, 6.07) is 0. The molecule has 0 unspecified atom stereocenters. The Hall–Kier alpha value is -0.570. The normalized spacial score (nSPS) is 22.2. The third kappa shape index (κ3) is 5.82. The summed E-state index contributed by atoms with van der Waals surface area (Å²) in [6.07, 6.45) is 14.0. The van der Waals surface area contributed by atoms with Crippen molar-refractivity contribution in [2.75, 3.05) is 19.6 Å². The second-order valence-corrected chi connectivity index (χ2v) is 6.91. The van der Waals surface area contributed by atoms with Crippen molar-refractivity contribution in [3.8, 4) is 0 Å². The van der Waals surface area contributed by atoms with Gasteiger partial charge in [0, 0.05) is 19.6 Å². The molecule has 0 saturated heterocycles. The molecule has 116 valence electrons. The highest BCUT2D eigenvalue weighted by atomic mass is 16.4. The summed E-state index contributed by atoms with van der Waals surface area (Å²) < 4.78 is 0. The molecular weight excluding hydrogens is 250 g/mol. The molecule has 3 nitrogen and oxygen atoms in total. The summed E-state index contributed by atoms with van der Waals surface area (Å²) in [5, 5.41) is 8.95. The molecule has 2 aliphatic carbocycles. The summed E-state index contributed by atoms with van der Waals surface area (Å²) in [7, 11) is 0. The third-order valence-electron chi connectivity index (χ3n) is 5.12. The zero-order chi connectivity index (χ0) is 14.2.